The van der Waals surface area contributed by atoms with Crippen molar-refractivity contribution in [2.24, 2.45) is 11.7 Å². The molecular weight excluding hydrogens is 340 g/mol. The summed E-state index contributed by atoms with van der Waals surface area (Å²) in [5.41, 5.74) is 7.49. The zero-order valence-corrected chi connectivity index (χ0v) is 15.2. The molecule has 1 atom stereocenters. The van der Waals surface area contributed by atoms with Crippen LogP contribution in [0.5, 0.6) is 0 Å². The number of benzene rings is 1. The quantitative estimate of drug-likeness (QED) is 0.719. The minimum atomic E-state index is -0.476. The van der Waals surface area contributed by atoms with Crippen LogP contribution >= 0.6 is 12.4 Å². The summed E-state index contributed by atoms with van der Waals surface area (Å²) in [5, 5.41) is 6.32. The maximum absolute atomic E-state index is 12.4. The zero-order valence-electron chi connectivity index (χ0n) is 14.4. The number of primary amides is 1. The first kappa shape index (κ1) is 19.5. The van der Waals surface area contributed by atoms with Crippen LogP contribution in [0.15, 0.2) is 18.2 Å². The second kappa shape index (κ2) is 9.06. The molecule has 2 aliphatic rings. The maximum Gasteiger partial charge on any atom is 0.248 e. The van der Waals surface area contributed by atoms with Gasteiger partial charge >= 0.3 is 0 Å². The SMILES string of the molecule is Cl.NC(=O)c1ccc(N2CCCC2)c(NC(=O)CCC2CCNC2)c1. The minimum absolute atomic E-state index is 0. The number of amides is 2. The summed E-state index contributed by atoms with van der Waals surface area (Å²) in [7, 11) is 0. The van der Waals surface area contributed by atoms with Crippen molar-refractivity contribution < 1.29 is 9.59 Å². The summed E-state index contributed by atoms with van der Waals surface area (Å²) >= 11 is 0. The lowest BCUT2D eigenvalue weighted by Crippen LogP contribution is -2.22. The highest BCUT2D eigenvalue weighted by Crippen LogP contribution is 2.30. The number of nitrogens with zero attached hydrogens (tertiary/aromatic N) is 1. The summed E-state index contributed by atoms with van der Waals surface area (Å²) in [5.74, 6) is 0.116. The average Bonchev–Trinajstić information content (AvgIpc) is 3.26. The third-order valence-electron chi connectivity index (χ3n) is 4.94. The molecule has 2 aliphatic heterocycles. The summed E-state index contributed by atoms with van der Waals surface area (Å²) in [4.78, 5) is 26.1. The van der Waals surface area contributed by atoms with Gasteiger partial charge in [-0.3, -0.25) is 9.59 Å². The van der Waals surface area contributed by atoms with E-state index in [2.05, 4.69) is 15.5 Å². The van der Waals surface area contributed by atoms with Gasteiger partial charge in [0.1, 0.15) is 0 Å². The summed E-state index contributed by atoms with van der Waals surface area (Å²) in [6.07, 6.45) is 4.85. The first-order valence-corrected chi connectivity index (χ1v) is 8.83. The van der Waals surface area contributed by atoms with E-state index in [0.29, 0.717) is 23.6 Å². The van der Waals surface area contributed by atoms with Crippen LogP contribution in [0.3, 0.4) is 0 Å². The van der Waals surface area contributed by atoms with Crippen LogP contribution < -0.4 is 21.3 Å². The molecule has 6 nitrogen and oxygen atoms in total. The third-order valence-corrected chi connectivity index (χ3v) is 4.94. The standard InChI is InChI=1S/C18H26N4O2.ClH/c19-18(24)14-4-5-16(22-9-1-2-10-22)15(11-14)21-17(23)6-3-13-7-8-20-12-13;/h4-5,11,13,20H,1-3,6-10,12H2,(H2,19,24)(H,21,23);1H. The van der Waals surface area contributed by atoms with Crippen molar-refractivity contribution in [2.45, 2.75) is 32.1 Å². The molecule has 0 spiro atoms. The van der Waals surface area contributed by atoms with E-state index in [1.165, 1.54) is 0 Å². The number of hydrogen-bond donors (Lipinski definition) is 3. The molecule has 2 heterocycles. The lowest BCUT2D eigenvalue weighted by Gasteiger charge is -2.22. The Morgan fingerprint density at radius 1 is 1.28 bits per heavy atom. The van der Waals surface area contributed by atoms with Gasteiger partial charge in [-0.2, -0.15) is 0 Å². The van der Waals surface area contributed by atoms with E-state index in [-0.39, 0.29) is 18.3 Å². The highest BCUT2D eigenvalue weighted by Gasteiger charge is 2.20. The molecular formula is C18H27ClN4O2. The van der Waals surface area contributed by atoms with Crippen molar-refractivity contribution in [3.63, 3.8) is 0 Å². The van der Waals surface area contributed by atoms with E-state index in [1.54, 1.807) is 12.1 Å². The molecule has 7 heteroatoms. The lowest BCUT2D eigenvalue weighted by molar-refractivity contribution is -0.116. The molecule has 2 fully saturated rings. The van der Waals surface area contributed by atoms with E-state index < -0.39 is 5.91 Å². The molecule has 4 N–H and O–H groups in total. The Labute approximate surface area is 154 Å². The number of nitrogens with one attached hydrogen (secondary N) is 2. The van der Waals surface area contributed by atoms with Gasteiger partial charge in [0.25, 0.3) is 0 Å². The van der Waals surface area contributed by atoms with Crippen molar-refractivity contribution in [3.8, 4) is 0 Å². The van der Waals surface area contributed by atoms with Crippen molar-refractivity contribution in [1.29, 1.82) is 0 Å². The monoisotopic (exact) mass is 366 g/mol. The van der Waals surface area contributed by atoms with E-state index in [9.17, 15) is 9.59 Å². The summed E-state index contributed by atoms with van der Waals surface area (Å²) < 4.78 is 0. The Morgan fingerprint density at radius 3 is 2.68 bits per heavy atom. The van der Waals surface area contributed by atoms with Gasteiger partial charge in [0.15, 0.2) is 0 Å². The van der Waals surface area contributed by atoms with Crippen LogP contribution in [-0.4, -0.2) is 38.0 Å². The lowest BCUT2D eigenvalue weighted by atomic mass is 10.0. The Kier molecular flexibility index (Phi) is 7.08. The normalized spacial score (nSPS) is 19.5. The fraction of sp³-hybridized carbons (Fsp3) is 0.556. The average molecular weight is 367 g/mol. The van der Waals surface area contributed by atoms with Gasteiger partial charge in [0.05, 0.1) is 11.4 Å². The smallest absolute Gasteiger partial charge is 0.248 e. The number of nitrogens with two attached hydrogens (primary N) is 1. The summed E-state index contributed by atoms with van der Waals surface area (Å²) in [6, 6.07) is 5.32. The summed E-state index contributed by atoms with van der Waals surface area (Å²) in [6.45, 7) is 4.01. The number of carbonyl (C=O) groups is 2. The molecule has 1 aromatic carbocycles. The third kappa shape index (κ3) is 5.09. The maximum atomic E-state index is 12.4. The number of anilines is 2. The van der Waals surface area contributed by atoms with Gasteiger partial charge in [-0.1, -0.05) is 0 Å². The molecule has 0 saturated carbocycles. The van der Waals surface area contributed by atoms with E-state index >= 15 is 0 Å². The minimum Gasteiger partial charge on any atom is -0.370 e. The van der Waals surface area contributed by atoms with Crippen LogP contribution in [0.25, 0.3) is 0 Å². The van der Waals surface area contributed by atoms with E-state index in [1.807, 2.05) is 6.07 Å². The molecule has 3 rings (SSSR count). The number of halogens is 1. The molecule has 1 unspecified atom stereocenters. The molecule has 0 aromatic heterocycles. The zero-order chi connectivity index (χ0) is 16.9. The first-order chi connectivity index (χ1) is 11.6. The van der Waals surface area contributed by atoms with Crippen LogP contribution in [0.2, 0.25) is 0 Å². The molecule has 0 aliphatic carbocycles. The topological polar surface area (TPSA) is 87.5 Å². The molecule has 138 valence electrons. The molecule has 1 aromatic rings. The van der Waals surface area contributed by atoms with Gasteiger partial charge in [-0.15, -0.1) is 12.4 Å². The Bertz CT molecular complexity index is 611. The largest absolute Gasteiger partial charge is 0.370 e. The second-order valence-corrected chi connectivity index (χ2v) is 6.74. The highest BCUT2D eigenvalue weighted by molar-refractivity contribution is 5.99. The van der Waals surface area contributed by atoms with E-state index in [0.717, 1.165) is 57.5 Å². The van der Waals surface area contributed by atoms with Crippen molar-refractivity contribution in [1.82, 2.24) is 5.32 Å². The van der Waals surface area contributed by atoms with Gasteiger partial charge in [-0.25, -0.2) is 0 Å². The van der Waals surface area contributed by atoms with Crippen LogP contribution in [0.4, 0.5) is 11.4 Å². The molecule has 0 bridgehead atoms. The number of rotatable bonds is 6. The van der Waals surface area contributed by atoms with Crippen LogP contribution in [0.1, 0.15) is 42.5 Å². The van der Waals surface area contributed by atoms with Crippen molar-refractivity contribution in [2.75, 3.05) is 36.4 Å². The van der Waals surface area contributed by atoms with Gasteiger partial charge < -0.3 is 21.3 Å². The Hall–Kier alpha value is -1.79. The van der Waals surface area contributed by atoms with Crippen molar-refractivity contribution in [3.05, 3.63) is 23.8 Å². The van der Waals surface area contributed by atoms with Gasteiger partial charge in [0, 0.05) is 25.1 Å². The second-order valence-electron chi connectivity index (χ2n) is 6.74. The number of hydrogen-bond acceptors (Lipinski definition) is 4. The fourth-order valence-corrected chi connectivity index (χ4v) is 3.53. The van der Waals surface area contributed by atoms with Crippen molar-refractivity contribution >= 4 is 35.6 Å². The van der Waals surface area contributed by atoms with Crippen LogP contribution in [-0.2, 0) is 4.79 Å². The predicted octanol–water partition coefficient (Wildman–Crippen LogP) is 2.14. The first-order valence-electron chi connectivity index (χ1n) is 8.83. The number of carbonyl (C=O) groups excluding carboxylic acids is 2. The van der Waals surface area contributed by atoms with Crippen LogP contribution in [0, 0.1) is 5.92 Å². The molecule has 2 saturated heterocycles. The van der Waals surface area contributed by atoms with E-state index in [4.69, 9.17) is 5.73 Å². The molecule has 25 heavy (non-hydrogen) atoms. The molecule has 2 amide bonds. The predicted molar refractivity (Wildman–Crippen MR) is 102 cm³/mol. The Balaban J connectivity index is 0.00000225. The van der Waals surface area contributed by atoms with Gasteiger partial charge in [0.2, 0.25) is 11.8 Å². The van der Waals surface area contributed by atoms with Gasteiger partial charge in [-0.05, 0) is 62.9 Å². The molecule has 0 radical (unpaired) electrons. The highest BCUT2D eigenvalue weighted by atomic mass is 35.5. The fourth-order valence-electron chi connectivity index (χ4n) is 3.53. The Morgan fingerprint density at radius 2 is 2.04 bits per heavy atom.